The summed E-state index contributed by atoms with van der Waals surface area (Å²) in [6.07, 6.45) is 0. The van der Waals surface area contributed by atoms with Crippen molar-refractivity contribution in [2.24, 2.45) is 0 Å². The molecule has 0 aliphatic rings. The van der Waals surface area contributed by atoms with E-state index in [1.54, 1.807) is 0 Å². The van der Waals surface area contributed by atoms with Gasteiger partial charge in [0.2, 0.25) is 5.91 Å². The molecule has 0 fully saturated rings. The standard InChI is InChI=1S/C18H17FN2O4/c1-21(11-16(22)20-15-9-7-14(19)8-10-15)17(23)12-3-5-13(6-4-12)18(24)25-2/h3-10H,11H2,1-2H3,(H,20,22). The van der Waals surface area contributed by atoms with Gasteiger partial charge in [0, 0.05) is 18.3 Å². The van der Waals surface area contributed by atoms with Gasteiger partial charge in [-0.25, -0.2) is 9.18 Å². The zero-order chi connectivity index (χ0) is 18.4. The molecule has 130 valence electrons. The summed E-state index contributed by atoms with van der Waals surface area (Å²) in [5.74, 6) is -1.67. The highest BCUT2D eigenvalue weighted by molar-refractivity contribution is 6.00. The van der Waals surface area contributed by atoms with E-state index in [1.165, 1.54) is 67.6 Å². The van der Waals surface area contributed by atoms with E-state index in [4.69, 9.17) is 0 Å². The van der Waals surface area contributed by atoms with Gasteiger partial charge in [-0.2, -0.15) is 0 Å². The molecule has 6 nitrogen and oxygen atoms in total. The quantitative estimate of drug-likeness (QED) is 0.845. The van der Waals surface area contributed by atoms with Crippen molar-refractivity contribution in [2.45, 2.75) is 0 Å². The summed E-state index contributed by atoms with van der Waals surface area (Å²) >= 11 is 0. The van der Waals surface area contributed by atoms with Crippen LogP contribution in [-0.2, 0) is 9.53 Å². The van der Waals surface area contributed by atoms with Gasteiger partial charge in [-0.3, -0.25) is 9.59 Å². The van der Waals surface area contributed by atoms with E-state index in [9.17, 15) is 18.8 Å². The molecule has 0 bridgehead atoms. The van der Waals surface area contributed by atoms with Crippen LogP contribution in [0, 0.1) is 5.82 Å². The van der Waals surface area contributed by atoms with Crippen LogP contribution in [0.25, 0.3) is 0 Å². The molecule has 0 aliphatic heterocycles. The Morgan fingerprint density at radius 2 is 1.56 bits per heavy atom. The first kappa shape index (κ1) is 18.1. The summed E-state index contributed by atoms with van der Waals surface area (Å²) in [4.78, 5) is 36.9. The highest BCUT2D eigenvalue weighted by Crippen LogP contribution is 2.10. The van der Waals surface area contributed by atoms with E-state index >= 15 is 0 Å². The van der Waals surface area contributed by atoms with Crippen molar-refractivity contribution in [1.82, 2.24) is 4.90 Å². The molecule has 0 heterocycles. The number of carbonyl (C=O) groups excluding carboxylic acids is 3. The summed E-state index contributed by atoms with van der Waals surface area (Å²) in [5, 5.41) is 2.58. The Morgan fingerprint density at radius 1 is 1.00 bits per heavy atom. The summed E-state index contributed by atoms with van der Waals surface area (Å²) in [7, 11) is 2.76. The number of nitrogens with one attached hydrogen (secondary N) is 1. The third kappa shape index (κ3) is 4.87. The van der Waals surface area contributed by atoms with Gasteiger partial charge in [-0.15, -0.1) is 0 Å². The lowest BCUT2D eigenvalue weighted by molar-refractivity contribution is -0.116. The zero-order valence-corrected chi connectivity index (χ0v) is 13.8. The number of hydrogen-bond acceptors (Lipinski definition) is 4. The number of rotatable bonds is 5. The molecule has 0 saturated carbocycles. The minimum absolute atomic E-state index is 0.172. The van der Waals surface area contributed by atoms with Crippen LogP contribution < -0.4 is 5.32 Å². The van der Waals surface area contributed by atoms with Crippen molar-refractivity contribution in [3.05, 3.63) is 65.5 Å². The SMILES string of the molecule is COC(=O)c1ccc(C(=O)N(C)CC(=O)Nc2ccc(F)cc2)cc1. The number of amides is 2. The van der Waals surface area contributed by atoms with Gasteiger partial charge >= 0.3 is 5.97 Å². The molecule has 7 heteroatoms. The Hall–Kier alpha value is -3.22. The lowest BCUT2D eigenvalue weighted by Gasteiger charge is -2.17. The maximum Gasteiger partial charge on any atom is 0.337 e. The van der Waals surface area contributed by atoms with Crippen molar-refractivity contribution >= 4 is 23.5 Å². The second-order valence-corrected chi connectivity index (χ2v) is 5.29. The van der Waals surface area contributed by atoms with E-state index in [0.717, 1.165) is 0 Å². The van der Waals surface area contributed by atoms with Gasteiger partial charge < -0.3 is 15.0 Å². The number of halogens is 1. The third-order valence-corrected chi connectivity index (χ3v) is 3.41. The van der Waals surface area contributed by atoms with Crippen molar-refractivity contribution in [3.63, 3.8) is 0 Å². The number of likely N-dealkylation sites (N-methyl/N-ethyl adjacent to an activating group) is 1. The maximum atomic E-state index is 12.8. The Balaban J connectivity index is 1.96. The van der Waals surface area contributed by atoms with Crippen LogP contribution in [0.3, 0.4) is 0 Å². The van der Waals surface area contributed by atoms with Gasteiger partial charge in [0.05, 0.1) is 19.2 Å². The van der Waals surface area contributed by atoms with E-state index in [0.29, 0.717) is 16.8 Å². The van der Waals surface area contributed by atoms with Crippen LogP contribution in [-0.4, -0.2) is 43.4 Å². The van der Waals surface area contributed by atoms with Crippen LogP contribution in [0.1, 0.15) is 20.7 Å². The first-order chi connectivity index (χ1) is 11.9. The Bertz CT molecular complexity index is 773. The normalized spacial score (nSPS) is 10.0. The van der Waals surface area contributed by atoms with Gasteiger partial charge in [-0.05, 0) is 48.5 Å². The van der Waals surface area contributed by atoms with E-state index < -0.39 is 17.7 Å². The number of hydrogen-bond donors (Lipinski definition) is 1. The van der Waals surface area contributed by atoms with Gasteiger partial charge in [0.15, 0.2) is 0 Å². The second kappa shape index (κ2) is 8.05. The van der Waals surface area contributed by atoms with Crippen LogP contribution >= 0.6 is 0 Å². The molecule has 2 aromatic rings. The van der Waals surface area contributed by atoms with Crippen molar-refractivity contribution in [2.75, 3.05) is 26.0 Å². The molecule has 1 N–H and O–H groups in total. The Labute approximate surface area is 144 Å². The van der Waals surface area contributed by atoms with Gasteiger partial charge in [-0.1, -0.05) is 0 Å². The molecule has 0 aromatic heterocycles. The van der Waals surface area contributed by atoms with Crippen LogP contribution in [0.4, 0.5) is 10.1 Å². The minimum Gasteiger partial charge on any atom is -0.465 e. The minimum atomic E-state index is -0.494. The molecule has 0 unspecified atom stereocenters. The average Bonchev–Trinajstić information content (AvgIpc) is 2.62. The maximum absolute atomic E-state index is 12.8. The molecule has 0 spiro atoms. The van der Waals surface area contributed by atoms with Crippen molar-refractivity contribution in [3.8, 4) is 0 Å². The topological polar surface area (TPSA) is 75.7 Å². The third-order valence-electron chi connectivity index (χ3n) is 3.41. The first-order valence-corrected chi connectivity index (χ1v) is 7.40. The Kier molecular flexibility index (Phi) is 5.84. The lowest BCUT2D eigenvalue weighted by Crippen LogP contribution is -2.34. The predicted octanol–water partition coefficient (Wildman–Crippen LogP) is 2.32. The molecule has 0 radical (unpaired) electrons. The van der Waals surface area contributed by atoms with E-state index in [1.807, 2.05) is 0 Å². The molecule has 2 rings (SSSR count). The molecular weight excluding hydrogens is 327 g/mol. The number of esters is 1. The molecular formula is C18H17FN2O4. The summed E-state index contributed by atoms with van der Waals surface area (Å²) in [5.41, 5.74) is 1.11. The summed E-state index contributed by atoms with van der Waals surface area (Å²) in [6, 6.07) is 11.3. The van der Waals surface area contributed by atoms with Gasteiger partial charge in [0.1, 0.15) is 5.82 Å². The van der Waals surface area contributed by atoms with Crippen molar-refractivity contribution in [1.29, 1.82) is 0 Å². The highest BCUT2D eigenvalue weighted by atomic mass is 19.1. The number of ether oxygens (including phenoxy) is 1. The van der Waals surface area contributed by atoms with Crippen LogP contribution in [0.2, 0.25) is 0 Å². The molecule has 0 atom stereocenters. The van der Waals surface area contributed by atoms with Gasteiger partial charge in [0.25, 0.3) is 5.91 Å². The molecule has 2 amide bonds. The highest BCUT2D eigenvalue weighted by Gasteiger charge is 2.16. The number of nitrogens with zero attached hydrogens (tertiary/aromatic N) is 1. The largest absolute Gasteiger partial charge is 0.465 e. The predicted molar refractivity (Wildman–Crippen MR) is 89.8 cm³/mol. The molecule has 0 saturated heterocycles. The van der Waals surface area contributed by atoms with Crippen molar-refractivity contribution < 1.29 is 23.5 Å². The number of anilines is 1. The monoisotopic (exact) mass is 344 g/mol. The van der Waals surface area contributed by atoms with Crippen LogP contribution in [0.5, 0.6) is 0 Å². The number of benzene rings is 2. The summed E-state index contributed by atoms with van der Waals surface area (Å²) < 4.78 is 17.4. The average molecular weight is 344 g/mol. The molecule has 0 aliphatic carbocycles. The number of methoxy groups -OCH3 is 1. The molecule has 2 aromatic carbocycles. The summed E-state index contributed by atoms with van der Waals surface area (Å²) in [6.45, 7) is -0.172. The lowest BCUT2D eigenvalue weighted by atomic mass is 10.1. The van der Waals surface area contributed by atoms with E-state index in [2.05, 4.69) is 10.1 Å². The fraction of sp³-hybridized carbons (Fsp3) is 0.167. The zero-order valence-electron chi connectivity index (χ0n) is 13.8. The number of carbonyl (C=O) groups is 3. The fourth-order valence-electron chi connectivity index (χ4n) is 2.11. The molecule has 25 heavy (non-hydrogen) atoms. The van der Waals surface area contributed by atoms with E-state index in [-0.39, 0.29) is 12.5 Å². The van der Waals surface area contributed by atoms with Crippen LogP contribution in [0.15, 0.2) is 48.5 Å². The first-order valence-electron chi connectivity index (χ1n) is 7.40. The Morgan fingerprint density at radius 3 is 2.12 bits per heavy atom. The smallest absolute Gasteiger partial charge is 0.337 e. The second-order valence-electron chi connectivity index (χ2n) is 5.29. The fourth-order valence-corrected chi connectivity index (χ4v) is 2.11.